The molecule has 0 amide bonds. The van der Waals surface area contributed by atoms with Crippen molar-refractivity contribution >= 4 is 77.0 Å². The first kappa shape index (κ1) is 22.1. The van der Waals surface area contributed by atoms with Gasteiger partial charge in [0, 0.05) is 24.1 Å². The smallest absolute Gasteiger partial charge is 0.136 e. The summed E-state index contributed by atoms with van der Waals surface area (Å²) in [5.41, 5.74) is 2.45. The lowest BCUT2D eigenvalue weighted by Gasteiger charge is -2.09. The standard InChI is InChI=1S/C13H9BrFIO.C7H6BrI/c14-11-6-5-10(15)7-13(11)17-8-9-3-1-2-4-12(9)16;8-5-6-3-1-2-4-7(6)9/h1-7H,8H2;1-4H,5H2. The molecule has 3 rings (SSSR count). The van der Waals surface area contributed by atoms with E-state index in [1.54, 1.807) is 6.07 Å². The van der Waals surface area contributed by atoms with Gasteiger partial charge in [-0.05, 0) is 90.9 Å². The normalized spacial score (nSPS) is 10.0. The fraction of sp³-hybridized carbons (Fsp3) is 0.100. The van der Waals surface area contributed by atoms with Gasteiger partial charge in [0.15, 0.2) is 0 Å². The van der Waals surface area contributed by atoms with E-state index in [0.717, 1.165) is 18.9 Å². The highest BCUT2D eigenvalue weighted by Gasteiger charge is 2.04. The lowest BCUT2D eigenvalue weighted by molar-refractivity contribution is 0.302. The van der Waals surface area contributed by atoms with Crippen LogP contribution in [0.1, 0.15) is 11.1 Å². The van der Waals surface area contributed by atoms with Crippen LogP contribution in [0.5, 0.6) is 5.75 Å². The second-order valence-electron chi connectivity index (χ2n) is 5.18. The van der Waals surface area contributed by atoms with E-state index in [4.69, 9.17) is 4.74 Å². The Morgan fingerprint density at radius 1 is 0.846 bits per heavy atom. The van der Waals surface area contributed by atoms with Crippen molar-refractivity contribution in [1.29, 1.82) is 0 Å². The van der Waals surface area contributed by atoms with E-state index in [0.29, 0.717) is 12.4 Å². The van der Waals surface area contributed by atoms with Crippen LogP contribution in [0.25, 0.3) is 0 Å². The summed E-state index contributed by atoms with van der Waals surface area (Å²) in [7, 11) is 0. The van der Waals surface area contributed by atoms with E-state index in [9.17, 15) is 4.39 Å². The monoisotopic (exact) mass is 702 g/mol. The molecule has 0 saturated carbocycles. The summed E-state index contributed by atoms with van der Waals surface area (Å²) in [5.74, 6) is 0.218. The highest BCUT2D eigenvalue weighted by atomic mass is 127. The van der Waals surface area contributed by atoms with Crippen molar-refractivity contribution in [3.05, 3.63) is 95.3 Å². The number of halogens is 5. The molecule has 0 aliphatic rings. The predicted molar refractivity (Wildman–Crippen MR) is 129 cm³/mol. The molecule has 0 unspecified atom stereocenters. The van der Waals surface area contributed by atoms with E-state index in [1.165, 1.54) is 21.3 Å². The zero-order chi connectivity index (χ0) is 18.9. The van der Waals surface area contributed by atoms with Crippen molar-refractivity contribution in [2.24, 2.45) is 0 Å². The first-order chi connectivity index (χ1) is 12.5. The molecule has 26 heavy (non-hydrogen) atoms. The third-order valence-corrected chi connectivity index (χ3v) is 6.70. The van der Waals surface area contributed by atoms with Gasteiger partial charge in [0.1, 0.15) is 18.2 Å². The fourth-order valence-corrected chi connectivity index (χ4v) is 4.46. The highest BCUT2D eigenvalue weighted by molar-refractivity contribution is 14.1. The average molecular weight is 704 g/mol. The van der Waals surface area contributed by atoms with Gasteiger partial charge in [-0.2, -0.15) is 0 Å². The summed E-state index contributed by atoms with van der Waals surface area (Å²) in [4.78, 5) is 0. The Labute approximate surface area is 197 Å². The minimum Gasteiger partial charge on any atom is -0.488 e. The van der Waals surface area contributed by atoms with Gasteiger partial charge in [0.25, 0.3) is 0 Å². The summed E-state index contributed by atoms with van der Waals surface area (Å²) in [6.45, 7) is 0.432. The summed E-state index contributed by atoms with van der Waals surface area (Å²) in [5, 5.41) is 0.951. The number of rotatable bonds is 4. The third kappa shape index (κ3) is 7.09. The number of alkyl halides is 1. The Kier molecular flexibility index (Phi) is 9.87. The van der Waals surface area contributed by atoms with Crippen LogP contribution < -0.4 is 4.74 Å². The molecule has 0 fully saturated rings. The number of hydrogen-bond acceptors (Lipinski definition) is 1. The first-order valence-corrected chi connectivity index (χ1v) is 11.7. The molecule has 0 spiro atoms. The van der Waals surface area contributed by atoms with Crippen LogP contribution >= 0.6 is 77.0 Å². The molecule has 0 N–H and O–H groups in total. The summed E-state index contributed by atoms with van der Waals surface area (Å²) >= 11 is 11.3. The van der Waals surface area contributed by atoms with Crippen LogP contribution in [0, 0.1) is 13.0 Å². The Morgan fingerprint density at radius 3 is 1.96 bits per heavy atom. The van der Waals surface area contributed by atoms with Crippen LogP contribution in [-0.4, -0.2) is 0 Å². The predicted octanol–water partition coefficient (Wildman–Crippen LogP) is 7.96. The van der Waals surface area contributed by atoms with Gasteiger partial charge in [0.2, 0.25) is 0 Å². The highest BCUT2D eigenvalue weighted by Crippen LogP contribution is 2.26. The molecular weight excluding hydrogens is 689 g/mol. The Hall–Kier alpha value is -0.190. The lowest BCUT2D eigenvalue weighted by Crippen LogP contribution is -1.98. The van der Waals surface area contributed by atoms with E-state index < -0.39 is 0 Å². The molecule has 0 heterocycles. The van der Waals surface area contributed by atoms with Gasteiger partial charge in [-0.3, -0.25) is 0 Å². The number of hydrogen-bond donors (Lipinski definition) is 0. The average Bonchev–Trinajstić information content (AvgIpc) is 2.64. The molecule has 0 aliphatic heterocycles. The van der Waals surface area contributed by atoms with Crippen LogP contribution in [0.3, 0.4) is 0 Å². The van der Waals surface area contributed by atoms with Gasteiger partial charge >= 0.3 is 0 Å². The van der Waals surface area contributed by atoms with Gasteiger partial charge in [-0.1, -0.05) is 52.3 Å². The molecule has 3 aromatic rings. The van der Waals surface area contributed by atoms with Crippen molar-refractivity contribution in [3.63, 3.8) is 0 Å². The van der Waals surface area contributed by atoms with Crippen molar-refractivity contribution in [1.82, 2.24) is 0 Å². The minimum atomic E-state index is -0.300. The minimum absolute atomic E-state index is 0.300. The van der Waals surface area contributed by atoms with Crippen LogP contribution in [0.15, 0.2) is 71.2 Å². The Morgan fingerprint density at radius 2 is 1.42 bits per heavy atom. The molecule has 1 nitrogen and oxygen atoms in total. The molecule has 136 valence electrons. The van der Waals surface area contributed by atoms with E-state index in [-0.39, 0.29) is 5.82 Å². The van der Waals surface area contributed by atoms with Crippen LogP contribution in [-0.2, 0) is 11.9 Å². The van der Waals surface area contributed by atoms with Gasteiger partial charge in [0.05, 0.1) is 4.47 Å². The molecule has 6 heteroatoms. The molecular formula is C20H15Br2FI2O. The summed E-state index contributed by atoms with van der Waals surface area (Å²) in [6, 6.07) is 20.7. The third-order valence-electron chi connectivity index (χ3n) is 3.34. The van der Waals surface area contributed by atoms with Crippen molar-refractivity contribution < 1.29 is 9.13 Å². The zero-order valence-corrected chi connectivity index (χ0v) is 21.1. The van der Waals surface area contributed by atoms with Crippen molar-refractivity contribution in [3.8, 4) is 5.75 Å². The maximum absolute atomic E-state index is 13.0. The van der Waals surface area contributed by atoms with Gasteiger partial charge < -0.3 is 4.74 Å². The molecule has 0 atom stereocenters. The quantitative estimate of drug-likeness (QED) is 0.198. The van der Waals surface area contributed by atoms with Crippen molar-refractivity contribution in [2.45, 2.75) is 11.9 Å². The molecule has 0 saturated heterocycles. The van der Waals surface area contributed by atoms with Crippen molar-refractivity contribution in [2.75, 3.05) is 0 Å². The van der Waals surface area contributed by atoms with E-state index in [1.807, 2.05) is 30.3 Å². The number of benzene rings is 3. The molecule has 0 radical (unpaired) electrons. The first-order valence-electron chi connectivity index (χ1n) is 7.62. The maximum Gasteiger partial charge on any atom is 0.136 e. The lowest BCUT2D eigenvalue weighted by atomic mass is 10.2. The van der Waals surface area contributed by atoms with E-state index in [2.05, 4.69) is 95.2 Å². The largest absolute Gasteiger partial charge is 0.488 e. The Bertz CT molecular complexity index is 859. The second kappa shape index (κ2) is 11.6. The summed E-state index contributed by atoms with van der Waals surface area (Å²) in [6.07, 6.45) is 0. The second-order valence-corrected chi connectivity index (χ2v) is 8.92. The fourth-order valence-electron chi connectivity index (χ4n) is 1.97. The summed E-state index contributed by atoms with van der Waals surface area (Å²) < 4.78 is 21.9. The molecule has 3 aromatic carbocycles. The Balaban J connectivity index is 0.000000228. The van der Waals surface area contributed by atoms with E-state index >= 15 is 0 Å². The molecule has 0 aromatic heterocycles. The van der Waals surface area contributed by atoms with Gasteiger partial charge in [-0.15, -0.1) is 0 Å². The van der Waals surface area contributed by atoms with Crippen LogP contribution in [0.2, 0.25) is 0 Å². The van der Waals surface area contributed by atoms with Crippen LogP contribution in [0.4, 0.5) is 4.39 Å². The SMILES string of the molecule is BrCc1ccccc1I.Fc1ccc(Br)c(OCc2ccccc2I)c1. The number of ether oxygens (including phenoxy) is 1. The maximum atomic E-state index is 13.0. The molecule has 0 bridgehead atoms. The zero-order valence-electron chi connectivity index (χ0n) is 13.6. The topological polar surface area (TPSA) is 9.23 Å². The molecule has 0 aliphatic carbocycles. The van der Waals surface area contributed by atoms with Gasteiger partial charge in [-0.25, -0.2) is 4.39 Å².